The average Bonchev–Trinajstić information content (AvgIpc) is 3.38. The summed E-state index contributed by atoms with van der Waals surface area (Å²) in [7, 11) is -3.96. The van der Waals surface area contributed by atoms with Crippen LogP contribution >= 0.6 is 11.6 Å². The number of sulfonamides is 1. The first-order valence-electron chi connectivity index (χ1n) is 10.8. The Morgan fingerprint density at radius 1 is 1.27 bits per heavy atom. The summed E-state index contributed by atoms with van der Waals surface area (Å²) in [5.41, 5.74) is 2.23. The quantitative estimate of drug-likeness (QED) is 0.418. The molecular weight excluding hydrogens is 468 g/mol. The molecule has 0 spiro atoms. The normalized spacial score (nSPS) is 16.4. The molecule has 1 aromatic carbocycles. The number of aryl methyl sites for hydroxylation is 1. The fourth-order valence-corrected chi connectivity index (χ4v) is 5.66. The van der Waals surface area contributed by atoms with E-state index in [1.165, 1.54) is 12.1 Å². The van der Waals surface area contributed by atoms with Crippen molar-refractivity contribution in [3.05, 3.63) is 51.8 Å². The van der Waals surface area contributed by atoms with Crippen molar-refractivity contribution in [3.63, 3.8) is 0 Å². The minimum Gasteiger partial charge on any atom is -0.454 e. The Morgan fingerprint density at radius 2 is 2.00 bits per heavy atom. The van der Waals surface area contributed by atoms with Crippen LogP contribution in [0.25, 0.3) is 0 Å². The summed E-state index contributed by atoms with van der Waals surface area (Å²) in [6.45, 7) is 8.08. The van der Waals surface area contributed by atoms with E-state index in [9.17, 15) is 18.0 Å². The van der Waals surface area contributed by atoms with Crippen molar-refractivity contribution >= 4 is 33.4 Å². The number of Topliss-reactive ketones (excluding diaryl/α,β-unsaturated/α-hetero) is 1. The highest BCUT2D eigenvalue weighted by Gasteiger charge is 2.24. The molecule has 1 unspecified atom stereocenters. The van der Waals surface area contributed by atoms with Gasteiger partial charge in [0.25, 0.3) is 0 Å². The van der Waals surface area contributed by atoms with Gasteiger partial charge in [-0.3, -0.25) is 4.79 Å². The Morgan fingerprint density at radius 3 is 2.61 bits per heavy atom. The molecule has 33 heavy (non-hydrogen) atoms. The zero-order valence-electron chi connectivity index (χ0n) is 19.2. The third-order valence-electron chi connectivity index (χ3n) is 5.62. The number of esters is 1. The highest BCUT2D eigenvalue weighted by molar-refractivity contribution is 7.89. The van der Waals surface area contributed by atoms with Crippen molar-refractivity contribution in [2.24, 2.45) is 0 Å². The van der Waals surface area contributed by atoms with Crippen LogP contribution in [-0.2, 0) is 19.5 Å². The predicted molar refractivity (Wildman–Crippen MR) is 125 cm³/mol. The molecule has 3 rings (SSSR count). The van der Waals surface area contributed by atoms with Crippen LogP contribution in [0.4, 0.5) is 0 Å². The molecule has 1 saturated heterocycles. The van der Waals surface area contributed by atoms with Crippen LogP contribution < -0.4 is 4.72 Å². The van der Waals surface area contributed by atoms with Crippen LogP contribution in [0, 0.1) is 13.8 Å². The van der Waals surface area contributed by atoms with Crippen LogP contribution in [-0.4, -0.2) is 50.6 Å². The molecule has 1 aromatic heterocycles. The Kier molecular flexibility index (Phi) is 8.00. The summed E-state index contributed by atoms with van der Waals surface area (Å²) in [5, 5.41) is -0.0245. The van der Waals surface area contributed by atoms with Gasteiger partial charge in [-0.15, -0.1) is 0 Å². The third kappa shape index (κ3) is 5.84. The number of carbonyl (C=O) groups is 2. The van der Waals surface area contributed by atoms with Gasteiger partial charge < -0.3 is 14.0 Å². The van der Waals surface area contributed by atoms with Gasteiger partial charge in [0.05, 0.1) is 16.7 Å². The van der Waals surface area contributed by atoms with E-state index in [0.717, 1.165) is 30.3 Å². The SMILES string of the molecule is Cc1cc(C(=O)COC(=O)c2ccc(Cl)c(S(=O)(=O)NCC3CCCO3)c2)c(C)n1C(C)C. The largest absolute Gasteiger partial charge is 0.454 e. The fourth-order valence-electron chi connectivity index (χ4n) is 4.07. The molecule has 2 heterocycles. The van der Waals surface area contributed by atoms with E-state index in [1.54, 1.807) is 6.07 Å². The smallest absolute Gasteiger partial charge is 0.338 e. The number of hydrogen-bond acceptors (Lipinski definition) is 6. The number of benzene rings is 1. The molecule has 10 heteroatoms. The second-order valence-electron chi connectivity index (χ2n) is 8.38. The Bertz CT molecular complexity index is 1150. The maximum absolute atomic E-state index is 12.7. The number of nitrogens with zero attached hydrogens (tertiary/aromatic N) is 1. The van der Waals surface area contributed by atoms with Crippen molar-refractivity contribution in [2.75, 3.05) is 19.8 Å². The Labute approximate surface area is 199 Å². The number of aromatic nitrogens is 1. The van der Waals surface area contributed by atoms with E-state index in [1.807, 2.05) is 32.3 Å². The summed E-state index contributed by atoms with van der Waals surface area (Å²) in [4.78, 5) is 25.0. The number of nitrogens with one attached hydrogen (secondary N) is 1. The highest BCUT2D eigenvalue weighted by Crippen LogP contribution is 2.24. The second kappa shape index (κ2) is 10.4. The van der Waals surface area contributed by atoms with Gasteiger partial charge in [-0.2, -0.15) is 0 Å². The van der Waals surface area contributed by atoms with E-state index >= 15 is 0 Å². The third-order valence-corrected chi connectivity index (χ3v) is 7.52. The van der Waals surface area contributed by atoms with E-state index in [4.69, 9.17) is 21.1 Å². The van der Waals surface area contributed by atoms with Crippen molar-refractivity contribution in [1.29, 1.82) is 0 Å². The maximum Gasteiger partial charge on any atom is 0.338 e. The van der Waals surface area contributed by atoms with Gasteiger partial charge in [0.1, 0.15) is 4.90 Å². The first-order chi connectivity index (χ1) is 15.5. The standard InChI is InChI=1S/C23H29ClN2O6S/c1-14(2)26-15(3)10-19(16(26)4)21(27)13-32-23(28)17-7-8-20(24)22(11-17)33(29,30)25-12-18-6-5-9-31-18/h7-8,10-11,14,18,25H,5-6,9,12-13H2,1-4H3. The van der Waals surface area contributed by atoms with Crippen LogP contribution in [0.15, 0.2) is 29.2 Å². The molecule has 0 bridgehead atoms. The number of halogens is 1. The molecule has 0 saturated carbocycles. The molecule has 1 fully saturated rings. The zero-order valence-corrected chi connectivity index (χ0v) is 20.8. The lowest BCUT2D eigenvalue weighted by atomic mass is 10.1. The molecule has 1 aliphatic heterocycles. The average molecular weight is 497 g/mol. The first kappa shape index (κ1) is 25.4. The van der Waals surface area contributed by atoms with Crippen LogP contribution in [0.3, 0.4) is 0 Å². The highest BCUT2D eigenvalue weighted by atomic mass is 35.5. The van der Waals surface area contributed by atoms with Crippen LogP contribution in [0.1, 0.15) is 64.8 Å². The van der Waals surface area contributed by atoms with Gasteiger partial charge >= 0.3 is 5.97 Å². The number of hydrogen-bond donors (Lipinski definition) is 1. The molecule has 0 aliphatic carbocycles. The van der Waals surface area contributed by atoms with Gasteiger partial charge in [0.2, 0.25) is 15.8 Å². The number of carbonyl (C=O) groups excluding carboxylic acids is 2. The summed E-state index contributed by atoms with van der Waals surface area (Å²) < 4.78 is 40.5. The van der Waals surface area contributed by atoms with Gasteiger partial charge in [-0.05, 0) is 64.8 Å². The fraction of sp³-hybridized carbons (Fsp3) is 0.478. The molecule has 2 aromatic rings. The van der Waals surface area contributed by atoms with Gasteiger partial charge in [-0.25, -0.2) is 17.9 Å². The van der Waals surface area contributed by atoms with Crippen molar-refractivity contribution in [2.45, 2.75) is 57.6 Å². The van der Waals surface area contributed by atoms with Gasteiger partial charge in [-0.1, -0.05) is 11.6 Å². The summed E-state index contributed by atoms with van der Waals surface area (Å²) >= 11 is 6.09. The molecule has 1 N–H and O–H groups in total. The minimum absolute atomic E-state index is 0.0163. The van der Waals surface area contributed by atoms with Gasteiger partial charge in [0.15, 0.2) is 6.61 Å². The maximum atomic E-state index is 12.7. The molecular formula is C23H29ClN2O6S. The lowest BCUT2D eigenvalue weighted by Gasteiger charge is -2.14. The topological polar surface area (TPSA) is 104 Å². The van der Waals surface area contributed by atoms with Crippen molar-refractivity contribution < 1.29 is 27.5 Å². The summed E-state index contributed by atoms with van der Waals surface area (Å²) in [5.74, 6) is -1.14. The summed E-state index contributed by atoms with van der Waals surface area (Å²) in [6, 6.07) is 5.79. The molecule has 8 nitrogen and oxygen atoms in total. The van der Waals surface area contributed by atoms with E-state index < -0.39 is 22.6 Å². The van der Waals surface area contributed by atoms with Crippen LogP contribution in [0.2, 0.25) is 5.02 Å². The van der Waals surface area contributed by atoms with Gasteiger partial charge in [0, 0.05) is 36.1 Å². The molecule has 0 radical (unpaired) electrons. The number of ketones is 1. The zero-order chi connectivity index (χ0) is 24.3. The first-order valence-corrected chi connectivity index (χ1v) is 12.7. The summed E-state index contributed by atoms with van der Waals surface area (Å²) in [6.07, 6.45) is 1.47. The molecule has 0 amide bonds. The Hall–Kier alpha value is -2.20. The number of rotatable bonds is 9. The Balaban J connectivity index is 1.69. The van der Waals surface area contributed by atoms with E-state index in [2.05, 4.69) is 4.72 Å². The minimum atomic E-state index is -3.96. The lowest BCUT2D eigenvalue weighted by Crippen LogP contribution is -2.32. The molecule has 1 atom stereocenters. The monoisotopic (exact) mass is 496 g/mol. The van der Waals surface area contributed by atoms with Crippen molar-refractivity contribution in [3.8, 4) is 0 Å². The lowest BCUT2D eigenvalue weighted by molar-refractivity contribution is 0.0474. The number of ether oxygens (including phenoxy) is 2. The van der Waals surface area contributed by atoms with E-state index in [-0.39, 0.29) is 40.0 Å². The van der Waals surface area contributed by atoms with Crippen LogP contribution in [0.5, 0.6) is 0 Å². The van der Waals surface area contributed by atoms with Crippen molar-refractivity contribution in [1.82, 2.24) is 9.29 Å². The predicted octanol–water partition coefficient (Wildman–Crippen LogP) is 3.84. The molecule has 180 valence electrons. The molecule has 1 aliphatic rings. The van der Waals surface area contributed by atoms with E-state index in [0.29, 0.717) is 12.2 Å². The second-order valence-corrected chi connectivity index (χ2v) is 10.5.